The van der Waals surface area contributed by atoms with Gasteiger partial charge in [-0.05, 0) is 46.6 Å². The van der Waals surface area contributed by atoms with Crippen LogP contribution in [0, 0.1) is 0 Å². The third-order valence-corrected chi connectivity index (χ3v) is 4.34. The van der Waals surface area contributed by atoms with Crippen LogP contribution in [0.2, 0.25) is 0 Å². The molecule has 0 spiro atoms. The van der Waals surface area contributed by atoms with Crippen molar-refractivity contribution in [2.45, 2.75) is 13.5 Å². The van der Waals surface area contributed by atoms with Crippen molar-refractivity contribution < 1.29 is 4.79 Å². The maximum atomic E-state index is 12.3. The number of thiophene rings is 1. The maximum absolute atomic E-state index is 12.3. The standard InChI is InChI=1S/C14H15BrN2OS/c1-2-17(8-10-3-5-12(16)6-4-10)14(18)11-7-13(15)19-9-11/h3-7,9H,2,8,16H2,1H3. The molecule has 0 aliphatic rings. The van der Waals surface area contributed by atoms with E-state index in [1.807, 2.05) is 47.5 Å². The number of benzene rings is 1. The van der Waals surface area contributed by atoms with Gasteiger partial charge in [0.1, 0.15) is 0 Å². The zero-order valence-corrected chi connectivity index (χ0v) is 13.0. The summed E-state index contributed by atoms with van der Waals surface area (Å²) in [5, 5.41) is 1.87. The van der Waals surface area contributed by atoms with Gasteiger partial charge in [-0.3, -0.25) is 4.79 Å². The second kappa shape index (κ2) is 6.21. The van der Waals surface area contributed by atoms with Crippen LogP contribution in [-0.2, 0) is 6.54 Å². The molecule has 0 aliphatic heterocycles. The largest absolute Gasteiger partial charge is 0.399 e. The number of hydrogen-bond donors (Lipinski definition) is 1. The van der Waals surface area contributed by atoms with E-state index in [1.54, 1.807) is 0 Å². The Balaban J connectivity index is 2.11. The van der Waals surface area contributed by atoms with Gasteiger partial charge >= 0.3 is 0 Å². The van der Waals surface area contributed by atoms with Gasteiger partial charge in [-0.2, -0.15) is 0 Å². The van der Waals surface area contributed by atoms with Crippen molar-refractivity contribution in [1.29, 1.82) is 0 Å². The lowest BCUT2D eigenvalue weighted by Crippen LogP contribution is -2.29. The molecule has 0 aliphatic carbocycles. The van der Waals surface area contributed by atoms with Crippen LogP contribution in [0.1, 0.15) is 22.8 Å². The van der Waals surface area contributed by atoms with Crippen molar-refractivity contribution in [3.05, 3.63) is 50.6 Å². The first-order valence-corrected chi connectivity index (χ1v) is 7.65. The van der Waals surface area contributed by atoms with Crippen LogP contribution in [0.3, 0.4) is 0 Å². The molecule has 1 amide bonds. The number of carbonyl (C=O) groups excluding carboxylic acids is 1. The Hall–Kier alpha value is -1.33. The van der Waals surface area contributed by atoms with Crippen LogP contribution in [-0.4, -0.2) is 17.4 Å². The minimum atomic E-state index is 0.0567. The van der Waals surface area contributed by atoms with Crippen molar-refractivity contribution in [3.8, 4) is 0 Å². The average molecular weight is 339 g/mol. The molecule has 19 heavy (non-hydrogen) atoms. The normalized spacial score (nSPS) is 10.4. The molecule has 1 aromatic carbocycles. The number of nitrogen functional groups attached to an aromatic ring is 1. The van der Waals surface area contributed by atoms with E-state index in [-0.39, 0.29) is 5.91 Å². The first-order valence-electron chi connectivity index (χ1n) is 5.98. The quantitative estimate of drug-likeness (QED) is 0.863. The molecule has 1 aromatic heterocycles. The number of nitrogens with two attached hydrogens (primary N) is 1. The summed E-state index contributed by atoms with van der Waals surface area (Å²) in [6, 6.07) is 9.48. The summed E-state index contributed by atoms with van der Waals surface area (Å²) in [4.78, 5) is 14.2. The fraction of sp³-hybridized carbons (Fsp3) is 0.214. The molecule has 1 heterocycles. The number of halogens is 1. The lowest BCUT2D eigenvalue weighted by molar-refractivity contribution is 0.0753. The molecule has 0 bridgehead atoms. The number of amides is 1. The molecule has 0 fully saturated rings. The molecule has 0 radical (unpaired) electrons. The summed E-state index contributed by atoms with van der Waals surface area (Å²) < 4.78 is 0.972. The van der Waals surface area contributed by atoms with Gasteiger partial charge in [0.2, 0.25) is 0 Å². The van der Waals surface area contributed by atoms with Crippen LogP contribution >= 0.6 is 27.3 Å². The second-order valence-corrected chi connectivity index (χ2v) is 6.49. The molecule has 2 rings (SSSR count). The van der Waals surface area contributed by atoms with E-state index in [9.17, 15) is 4.79 Å². The molecule has 100 valence electrons. The monoisotopic (exact) mass is 338 g/mol. The van der Waals surface area contributed by atoms with Crippen molar-refractivity contribution in [2.75, 3.05) is 12.3 Å². The summed E-state index contributed by atoms with van der Waals surface area (Å²) in [6.07, 6.45) is 0. The SMILES string of the molecule is CCN(Cc1ccc(N)cc1)C(=O)c1csc(Br)c1. The Morgan fingerprint density at radius 2 is 2.05 bits per heavy atom. The number of carbonyl (C=O) groups is 1. The van der Waals surface area contributed by atoms with E-state index in [1.165, 1.54) is 11.3 Å². The maximum Gasteiger partial charge on any atom is 0.255 e. The Morgan fingerprint density at radius 3 is 2.58 bits per heavy atom. The molecule has 2 aromatic rings. The van der Waals surface area contributed by atoms with E-state index < -0.39 is 0 Å². The molecule has 0 unspecified atom stereocenters. The van der Waals surface area contributed by atoms with Gasteiger partial charge < -0.3 is 10.6 Å². The lowest BCUT2D eigenvalue weighted by Gasteiger charge is -2.20. The molecular weight excluding hydrogens is 324 g/mol. The zero-order valence-electron chi connectivity index (χ0n) is 10.6. The van der Waals surface area contributed by atoms with Gasteiger partial charge in [0.15, 0.2) is 0 Å². The summed E-state index contributed by atoms with van der Waals surface area (Å²) in [7, 11) is 0. The van der Waals surface area contributed by atoms with Crippen molar-refractivity contribution in [3.63, 3.8) is 0 Å². The van der Waals surface area contributed by atoms with Gasteiger partial charge in [0.25, 0.3) is 5.91 Å². The predicted octanol–water partition coefficient (Wildman–Crippen LogP) is 3.76. The van der Waals surface area contributed by atoms with E-state index in [4.69, 9.17) is 5.73 Å². The van der Waals surface area contributed by atoms with Crippen LogP contribution in [0.25, 0.3) is 0 Å². The fourth-order valence-electron chi connectivity index (χ4n) is 1.78. The third-order valence-electron chi connectivity index (χ3n) is 2.84. The van der Waals surface area contributed by atoms with E-state index in [0.29, 0.717) is 13.1 Å². The van der Waals surface area contributed by atoms with Crippen LogP contribution in [0.15, 0.2) is 39.5 Å². The molecule has 5 heteroatoms. The number of rotatable bonds is 4. The highest BCUT2D eigenvalue weighted by Crippen LogP contribution is 2.22. The first-order chi connectivity index (χ1) is 9.10. The Morgan fingerprint density at radius 1 is 1.37 bits per heavy atom. The van der Waals surface area contributed by atoms with Gasteiger partial charge in [0.05, 0.1) is 9.35 Å². The van der Waals surface area contributed by atoms with Crippen LogP contribution in [0.4, 0.5) is 5.69 Å². The van der Waals surface area contributed by atoms with E-state index in [2.05, 4.69) is 15.9 Å². The van der Waals surface area contributed by atoms with E-state index in [0.717, 1.165) is 20.6 Å². The Kier molecular flexibility index (Phi) is 4.61. The number of anilines is 1. The summed E-state index contributed by atoms with van der Waals surface area (Å²) >= 11 is 4.90. The molecule has 2 N–H and O–H groups in total. The predicted molar refractivity (Wildman–Crippen MR) is 83.3 cm³/mol. The fourth-order valence-corrected chi connectivity index (χ4v) is 2.91. The molecule has 0 saturated carbocycles. The second-order valence-electron chi connectivity index (χ2n) is 4.20. The topological polar surface area (TPSA) is 46.3 Å². The summed E-state index contributed by atoms with van der Waals surface area (Å²) in [5.41, 5.74) is 8.21. The van der Waals surface area contributed by atoms with Crippen molar-refractivity contribution >= 4 is 38.9 Å². The average Bonchev–Trinajstić information content (AvgIpc) is 2.84. The molecule has 0 saturated heterocycles. The van der Waals surface area contributed by atoms with Gasteiger partial charge in [0, 0.05) is 24.2 Å². The number of nitrogens with zero attached hydrogens (tertiary/aromatic N) is 1. The summed E-state index contributed by atoms with van der Waals surface area (Å²) in [6.45, 7) is 3.26. The Bertz CT molecular complexity index is 565. The zero-order chi connectivity index (χ0) is 13.8. The highest BCUT2D eigenvalue weighted by Gasteiger charge is 2.15. The summed E-state index contributed by atoms with van der Waals surface area (Å²) in [5.74, 6) is 0.0567. The minimum Gasteiger partial charge on any atom is -0.399 e. The first kappa shape index (κ1) is 14.1. The molecule has 3 nitrogen and oxygen atoms in total. The third kappa shape index (κ3) is 3.58. The van der Waals surface area contributed by atoms with E-state index >= 15 is 0 Å². The van der Waals surface area contributed by atoms with Crippen molar-refractivity contribution in [2.24, 2.45) is 0 Å². The minimum absolute atomic E-state index is 0.0567. The molecular formula is C14H15BrN2OS. The van der Waals surface area contributed by atoms with Gasteiger partial charge in [-0.15, -0.1) is 11.3 Å². The van der Waals surface area contributed by atoms with Crippen LogP contribution in [0.5, 0.6) is 0 Å². The van der Waals surface area contributed by atoms with Gasteiger partial charge in [-0.25, -0.2) is 0 Å². The number of hydrogen-bond acceptors (Lipinski definition) is 3. The van der Waals surface area contributed by atoms with Crippen molar-refractivity contribution in [1.82, 2.24) is 4.90 Å². The lowest BCUT2D eigenvalue weighted by atomic mass is 10.2. The highest BCUT2D eigenvalue weighted by molar-refractivity contribution is 9.11. The molecule has 0 atom stereocenters. The highest BCUT2D eigenvalue weighted by atomic mass is 79.9. The Labute approximate surface area is 125 Å². The van der Waals surface area contributed by atoms with Gasteiger partial charge in [-0.1, -0.05) is 12.1 Å². The van der Waals surface area contributed by atoms with Crippen LogP contribution < -0.4 is 5.73 Å². The smallest absolute Gasteiger partial charge is 0.255 e.